The van der Waals surface area contributed by atoms with Gasteiger partial charge in [-0.15, -0.1) is 0 Å². The second kappa shape index (κ2) is 8.43. The zero-order valence-electron chi connectivity index (χ0n) is 17.1. The molecular formula is C24H19N3O5. The Morgan fingerprint density at radius 1 is 1.09 bits per heavy atom. The minimum Gasteiger partial charge on any atom is -0.507 e. The first-order chi connectivity index (χ1) is 15.4. The molecule has 1 fully saturated rings. The van der Waals surface area contributed by atoms with Gasteiger partial charge in [0, 0.05) is 36.6 Å². The van der Waals surface area contributed by atoms with Gasteiger partial charge in [-0.25, -0.2) is 0 Å². The molecule has 4 rings (SSSR count). The maximum atomic E-state index is 13.1. The summed E-state index contributed by atoms with van der Waals surface area (Å²) in [7, 11) is 0. The highest BCUT2D eigenvalue weighted by Crippen LogP contribution is 2.41. The number of carbonyl (C=O) groups excluding carboxylic acids is 2. The van der Waals surface area contributed by atoms with E-state index in [4.69, 9.17) is 0 Å². The van der Waals surface area contributed by atoms with Crippen molar-refractivity contribution in [2.75, 3.05) is 0 Å². The summed E-state index contributed by atoms with van der Waals surface area (Å²) in [5, 5.41) is 22.0. The number of hydrogen-bond acceptors (Lipinski definition) is 6. The monoisotopic (exact) mass is 429 g/mol. The van der Waals surface area contributed by atoms with Crippen LogP contribution >= 0.6 is 0 Å². The zero-order chi connectivity index (χ0) is 22.8. The van der Waals surface area contributed by atoms with Crippen LogP contribution in [-0.2, 0) is 16.1 Å². The molecule has 0 saturated carbocycles. The van der Waals surface area contributed by atoms with E-state index >= 15 is 0 Å². The number of nitrogens with zero attached hydrogens (tertiary/aromatic N) is 3. The van der Waals surface area contributed by atoms with Crippen molar-refractivity contribution in [1.82, 2.24) is 9.88 Å². The zero-order valence-corrected chi connectivity index (χ0v) is 17.1. The molecule has 3 aromatic rings. The normalized spacial score (nSPS) is 17.5. The van der Waals surface area contributed by atoms with Gasteiger partial charge >= 0.3 is 0 Å². The van der Waals surface area contributed by atoms with E-state index in [-0.39, 0.29) is 29.1 Å². The van der Waals surface area contributed by atoms with E-state index < -0.39 is 22.7 Å². The Labute approximate surface area is 183 Å². The number of hydrogen-bond donors (Lipinski definition) is 1. The molecule has 1 aliphatic rings. The van der Waals surface area contributed by atoms with E-state index in [1.165, 1.54) is 29.2 Å². The van der Waals surface area contributed by atoms with Crippen molar-refractivity contribution >= 4 is 23.1 Å². The number of aliphatic hydroxyl groups is 1. The van der Waals surface area contributed by atoms with Crippen LogP contribution in [0.15, 0.2) is 78.6 Å². The van der Waals surface area contributed by atoms with Crippen molar-refractivity contribution in [3.05, 3.63) is 111 Å². The van der Waals surface area contributed by atoms with Gasteiger partial charge in [-0.1, -0.05) is 30.3 Å². The molecule has 1 N–H and O–H groups in total. The van der Waals surface area contributed by atoms with Crippen LogP contribution in [0.3, 0.4) is 0 Å². The van der Waals surface area contributed by atoms with E-state index in [2.05, 4.69) is 4.98 Å². The molecule has 160 valence electrons. The predicted octanol–water partition coefficient (Wildman–Crippen LogP) is 3.92. The molecule has 8 nitrogen and oxygen atoms in total. The van der Waals surface area contributed by atoms with Crippen LogP contribution in [0.25, 0.3) is 5.76 Å². The fourth-order valence-electron chi connectivity index (χ4n) is 3.84. The van der Waals surface area contributed by atoms with Crippen LogP contribution in [0.4, 0.5) is 5.69 Å². The Balaban J connectivity index is 1.86. The number of non-ortho nitro benzene ring substituents is 1. The third kappa shape index (κ3) is 3.74. The first-order valence-electron chi connectivity index (χ1n) is 9.86. The summed E-state index contributed by atoms with van der Waals surface area (Å²) in [5.41, 5.74) is 2.32. The van der Waals surface area contributed by atoms with Gasteiger partial charge in [0.25, 0.3) is 17.4 Å². The molecule has 32 heavy (non-hydrogen) atoms. The molecule has 1 saturated heterocycles. The number of nitro groups is 1. The number of likely N-dealkylation sites (tertiary alicyclic amines) is 1. The van der Waals surface area contributed by atoms with Crippen LogP contribution in [0.2, 0.25) is 0 Å². The lowest BCUT2D eigenvalue weighted by Gasteiger charge is -2.26. The van der Waals surface area contributed by atoms with Gasteiger partial charge in [-0.3, -0.25) is 24.7 Å². The Morgan fingerprint density at radius 2 is 1.81 bits per heavy atom. The molecule has 1 aliphatic heterocycles. The highest BCUT2D eigenvalue weighted by Gasteiger charge is 2.46. The fourth-order valence-corrected chi connectivity index (χ4v) is 3.84. The molecule has 1 atom stereocenters. The Bertz CT molecular complexity index is 1240. The van der Waals surface area contributed by atoms with Gasteiger partial charge in [-0.05, 0) is 41.8 Å². The number of ketones is 1. The number of aromatic nitrogens is 1. The van der Waals surface area contributed by atoms with Gasteiger partial charge in [0.05, 0.1) is 16.5 Å². The van der Waals surface area contributed by atoms with Crippen LogP contribution in [0.1, 0.15) is 28.3 Å². The van der Waals surface area contributed by atoms with Crippen molar-refractivity contribution < 1.29 is 19.6 Å². The molecule has 0 aliphatic carbocycles. The highest BCUT2D eigenvalue weighted by molar-refractivity contribution is 6.46. The SMILES string of the molecule is Cc1ccccc1C1/C(=C(\O)c2ccc([N+](=O)[O-])cc2)C(=O)C(=O)N1Cc1cccnc1. The minimum absolute atomic E-state index is 0.0537. The molecule has 0 radical (unpaired) electrons. The average molecular weight is 429 g/mol. The Kier molecular flexibility index (Phi) is 5.51. The number of Topliss-reactive ketones (excluding diaryl/α,β-unsaturated/α-hetero) is 1. The first kappa shape index (κ1) is 20.9. The highest BCUT2D eigenvalue weighted by atomic mass is 16.6. The smallest absolute Gasteiger partial charge is 0.295 e. The van der Waals surface area contributed by atoms with Gasteiger partial charge in [-0.2, -0.15) is 0 Å². The first-order valence-corrected chi connectivity index (χ1v) is 9.86. The lowest BCUT2D eigenvalue weighted by atomic mass is 9.92. The maximum Gasteiger partial charge on any atom is 0.295 e. The number of amides is 1. The fraction of sp³-hybridized carbons (Fsp3) is 0.125. The number of benzene rings is 2. The summed E-state index contributed by atoms with van der Waals surface area (Å²) < 4.78 is 0. The molecule has 1 unspecified atom stereocenters. The van der Waals surface area contributed by atoms with Gasteiger partial charge in [0.1, 0.15) is 5.76 Å². The summed E-state index contributed by atoms with van der Waals surface area (Å²) in [6.45, 7) is 2.00. The summed E-state index contributed by atoms with van der Waals surface area (Å²) in [6, 6.07) is 15.3. The van der Waals surface area contributed by atoms with E-state index in [0.717, 1.165) is 11.1 Å². The molecule has 8 heteroatoms. The molecule has 0 spiro atoms. The van der Waals surface area contributed by atoms with Crippen LogP contribution < -0.4 is 0 Å². The quantitative estimate of drug-likeness (QED) is 0.216. The van der Waals surface area contributed by atoms with Gasteiger partial charge in [0.2, 0.25) is 0 Å². The second-order valence-corrected chi connectivity index (χ2v) is 7.45. The molecular weight excluding hydrogens is 410 g/mol. The molecule has 2 heterocycles. The van der Waals surface area contributed by atoms with Crippen molar-refractivity contribution in [2.45, 2.75) is 19.5 Å². The van der Waals surface area contributed by atoms with E-state index in [0.29, 0.717) is 5.56 Å². The summed E-state index contributed by atoms with van der Waals surface area (Å²) >= 11 is 0. The Morgan fingerprint density at radius 3 is 2.44 bits per heavy atom. The second-order valence-electron chi connectivity index (χ2n) is 7.45. The summed E-state index contributed by atoms with van der Waals surface area (Å²) in [6.07, 6.45) is 3.23. The largest absolute Gasteiger partial charge is 0.507 e. The van der Waals surface area contributed by atoms with Gasteiger partial charge < -0.3 is 10.0 Å². The van der Waals surface area contributed by atoms with Crippen molar-refractivity contribution in [3.8, 4) is 0 Å². The number of pyridine rings is 1. The number of rotatable bonds is 5. The lowest BCUT2D eigenvalue weighted by Crippen LogP contribution is -2.29. The van der Waals surface area contributed by atoms with Gasteiger partial charge in [0.15, 0.2) is 0 Å². The van der Waals surface area contributed by atoms with Crippen LogP contribution in [0, 0.1) is 17.0 Å². The summed E-state index contributed by atoms with van der Waals surface area (Å²) in [4.78, 5) is 42.0. The van der Waals surface area contributed by atoms with Crippen molar-refractivity contribution in [2.24, 2.45) is 0 Å². The molecule has 2 aromatic carbocycles. The molecule has 1 amide bonds. The molecule has 0 bridgehead atoms. The van der Waals surface area contributed by atoms with Crippen molar-refractivity contribution in [3.63, 3.8) is 0 Å². The number of nitro benzene ring substituents is 1. The van der Waals surface area contributed by atoms with E-state index in [9.17, 15) is 24.8 Å². The molecule has 1 aromatic heterocycles. The van der Waals surface area contributed by atoms with Crippen LogP contribution in [-0.4, -0.2) is 31.6 Å². The average Bonchev–Trinajstić information content (AvgIpc) is 3.04. The number of aliphatic hydroxyl groups excluding tert-OH is 1. The maximum absolute atomic E-state index is 13.1. The third-order valence-electron chi connectivity index (χ3n) is 5.45. The lowest BCUT2D eigenvalue weighted by molar-refractivity contribution is -0.384. The number of carbonyl (C=O) groups is 2. The van der Waals surface area contributed by atoms with E-state index in [1.807, 2.05) is 25.1 Å². The minimum atomic E-state index is -0.813. The van der Waals surface area contributed by atoms with Crippen molar-refractivity contribution in [1.29, 1.82) is 0 Å². The van der Waals surface area contributed by atoms with Crippen LogP contribution in [0.5, 0.6) is 0 Å². The predicted molar refractivity (Wildman–Crippen MR) is 116 cm³/mol. The Hall–Kier alpha value is -4.33. The third-order valence-corrected chi connectivity index (χ3v) is 5.45. The standard InChI is InChI=1S/C24H19N3O5/c1-15-5-2-3-7-19(15)21-20(22(28)17-8-10-18(11-9-17)27(31)32)23(29)24(30)26(21)14-16-6-4-12-25-13-16/h2-13,21,28H,14H2,1H3/b22-20+. The topological polar surface area (TPSA) is 114 Å². The number of aryl methyl sites for hydroxylation is 1. The van der Waals surface area contributed by atoms with E-state index in [1.54, 1.807) is 30.6 Å². The summed E-state index contributed by atoms with van der Waals surface area (Å²) in [5.74, 6) is -1.91.